The highest BCUT2D eigenvalue weighted by Crippen LogP contribution is 2.24. The number of oxime groups is 1. The van der Waals surface area contributed by atoms with Crippen LogP contribution in [-0.4, -0.2) is 21.1 Å². The van der Waals surface area contributed by atoms with Gasteiger partial charge in [0, 0.05) is 18.1 Å². The predicted octanol–water partition coefficient (Wildman–Crippen LogP) is 2.66. The summed E-state index contributed by atoms with van der Waals surface area (Å²) in [4.78, 5) is 0. The van der Waals surface area contributed by atoms with Gasteiger partial charge in [0.2, 0.25) is 0 Å². The highest BCUT2D eigenvalue weighted by molar-refractivity contribution is 6.03. The second kappa shape index (κ2) is 5.39. The molecule has 5 heteroatoms. The molecule has 0 heterocycles. The summed E-state index contributed by atoms with van der Waals surface area (Å²) in [5.41, 5.74) is 0.703. The summed E-state index contributed by atoms with van der Waals surface area (Å²) in [5, 5.41) is 31.0. The highest BCUT2D eigenvalue weighted by Gasteiger charge is 2.13. The molecule has 2 aromatic carbocycles. The number of phenolic OH excluding ortho intramolecular Hbond substituents is 2. The van der Waals surface area contributed by atoms with Crippen molar-refractivity contribution in [3.8, 4) is 11.5 Å². The molecule has 0 spiro atoms. The van der Waals surface area contributed by atoms with E-state index < -0.39 is 5.82 Å². The molecule has 0 amide bonds. The Balaban J connectivity index is 2.34. The predicted molar refractivity (Wildman–Crippen MR) is 68.2 cm³/mol. The van der Waals surface area contributed by atoms with Crippen LogP contribution in [0, 0.1) is 5.82 Å². The van der Waals surface area contributed by atoms with E-state index in [0.717, 1.165) is 6.07 Å². The van der Waals surface area contributed by atoms with E-state index in [9.17, 15) is 14.6 Å². The summed E-state index contributed by atoms with van der Waals surface area (Å²) >= 11 is 0. The molecule has 0 unspecified atom stereocenters. The van der Waals surface area contributed by atoms with E-state index >= 15 is 0 Å². The van der Waals surface area contributed by atoms with Crippen LogP contribution in [-0.2, 0) is 6.42 Å². The van der Waals surface area contributed by atoms with Crippen LogP contribution >= 0.6 is 0 Å². The zero-order chi connectivity index (χ0) is 13.8. The van der Waals surface area contributed by atoms with Crippen molar-refractivity contribution in [3.05, 3.63) is 59.4 Å². The first kappa shape index (κ1) is 12.9. The third kappa shape index (κ3) is 2.82. The summed E-state index contributed by atoms with van der Waals surface area (Å²) in [6, 6.07) is 9.99. The maximum absolute atomic E-state index is 13.5. The van der Waals surface area contributed by atoms with E-state index in [1.165, 1.54) is 18.2 Å². The molecule has 0 aliphatic carbocycles. The van der Waals surface area contributed by atoms with Gasteiger partial charge in [0.1, 0.15) is 17.3 Å². The number of hydrogen-bond acceptors (Lipinski definition) is 4. The third-order valence-corrected chi connectivity index (χ3v) is 2.73. The van der Waals surface area contributed by atoms with Crippen molar-refractivity contribution >= 4 is 5.71 Å². The van der Waals surface area contributed by atoms with Crippen molar-refractivity contribution in [2.75, 3.05) is 0 Å². The molecule has 3 N–H and O–H groups in total. The summed E-state index contributed by atoms with van der Waals surface area (Å²) in [6.45, 7) is 0. The van der Waals surface area contributed by atoms with Crippen molar-refractivity contribution < 1.29 is 19.8 Å². The Bertz CT molecular complexity index is 626. The van der Waals surface area contributed by atoms with Gasteiger partial charge < -0.3 is 15.4 Å². The topological polar surface area (TPSA) is 73.1 Å². The molecule has 0 saturated heterocycles. The smallest absolute Gasteiger partial charge is 0.128 e. The lowest BCUT2D eigenvalue weighted by atomic mass is 10.0. The van der Waals surface area contributed by atoms with Gasteiger partial charge in [-0.15, -0.1) is 0 Å². The van der Waals surface area contributed by atoms with Gasteiger partial charge in [0.25, 0.3) is 0 Å². The van der Waals surface area contributed by atoms with E-state index in [1.54, 1.807) is 18.2 Å². The Morgan fingerprint density at radius 2 is 1.84 bits per heavy atom. The highest BCUT2D eigenvalue weighted by atomic mass is 19.1. The van der Waals surface area contributed by atoms with Crippen molar-refractivity contribution in [2.24, 2.45) is 5.16 Å². The number of nitrogens with zero attached hydrogens (tertiary/aromatic N) is 1. The van der Waals surface area contributed by atoms with Gasteiger partial charge >= 0.3 is 0 Å². The number of benzene rings is 2. The summed E-state index contributed by atoms with van der Waals surface area (Å²) in [7, 11) is 0. The molecule has 0 aliphatic heterocycles. The van der Waals surface area contributed by atoms with Crippen LogP contribution in [0.2, 0.25) is 0 Å². The van der Waals surface area contributed by atoms with Gasteiger partial charge in [-0.05, 0) is 23.8 Å². The normalized spacial score (nSPS) is 11.5. The Morgan fingerprint density at radius 3 is 2.47 bits per heavy atom. The van der Waals surface area contributed by atoms with Gasteiger partial charge in [-0.1, -0.05) is 23.4 Å². The molecule has 0 atom stereocenters. The van der Waals surface area contributed by atoms with Crippen molar-refractivity contribution in [1.82, 2.24) is 0 Å². The maximum Gasteiger partial charge on any atom is 0.128 e. The Hall–Kier alpha value is -2.56. The molecule has 19 heavy (non-hydrogen) atoms. The molecule has 0 saturated carbocycles. The van der Waals surface area contributed by atoms with E-state index in [4.69, 9.17) is 5.21 Å². The van der Waals surface area contributed by atoms with Crippen molar-refractivity contribution in [2.45, 2.75) is 6.42 Å². The minimum Gasteiger partial charge on any atom is -0.508 e. The van der Waals surface area contributed by atoms with Crippen molar-refractivity contribution in [3.63, 3.8) is 0 Å². The molecule has 2 aromatic rings. The fourth-order valence-corrected chi connectivity index (χ4v) is 1.77. The molecule has 0 bridgehead atoms. The number of hydrogen-bond donors (Lipinski definition) is 3. The molecule has 98 valence electrons. The average Bonchev–Trinajstić information content (AvgIpc) is 2.39. The summed E-state index contributed by atoms with van der Waals surface area (Å²) in [5.74, 6) is -0.754. The minimum atomic E-state index is -0.415. The molecule has 2 rings (SSSR count). The van der Waals surface area contributed by atoms with E-state index in [2.05, 4.69) is 5.16 Å². The summed E-state index contributed by atoms with van der Waals surface area (Å²) < 4.78 is 13.5. The van der Waals surface area contributed by atoms with Crippen LogP contribution in [0.3, 0.4) is 0 Å². The van der Waals surface area contributed by atoms with Crippen LogP contribution in [0.1, 0.15) is 11.1 Å². The average molecular weight is 261 g/mol. The quantitative estimate of drug-likeness (QED) is 0.452. The lowest BCUT2D eigenvalue weighted by molar-refractivity contribution is 0.318. The second-order valence-corrected chi connectivity index (χ2v) is 4.02. The van der Waals surface area contributed by atoms with Crippen LogP contribution in [0.4, 0.5) is 4.39 Å². The number of aromatic hydroxyl groups is 2. The number of phenols is 2. The molecular weight excluding hydrogens is 249 g/mol. The number of halogens is 1. The number of rotatable bonds is 3. The van der Waals surface area contributed by atoms with Crippen LogP contribution in [0.5, 0.6) is 11.5 Å². The first-order chi connectivity index (χ1) is 9.11. The maximum atomic E-state index is 13.5. The van der Waals surface area contributed by atoms with Gasteiger partial charge in [-0.25, -0.2) is 4.39 Å². The lowest BCUT2D eigenvalue weighted by Gasteiger charge is -2.08. The Kier molecular flexibility index (Phi) is 3.66. The summed E-state index contributed by atoms with van der Waals surface area (Å²) in [6.07, 6.45) is 0.0293. The van der Waals surface area contributed by atoms with Crippen LogP contribution in [0.15, 0.2) is 47.6 Å². The second-order valence-electron chi connectivity index (χ2n) is 4.02. The fraction of sp³-hybridized carbons (Fsp3) is 0.0714. The van der Waals surface area contributed by atoms with E-state index in [-0.39, 0.29) is 29.2 Å². The van der Waals surface area contributed by atoms with Crippen molar-refractivity contribution in [1.29, 1.82) is 0 Å². The minimum absolute atomic E-state index is 0.0293. The van der Waals surface area contributed by atoms with Gasteiger partial charge in [0.15, 0.2) is 0 Å². The monoisotopic (exact) mass is 261 g/mol. The van der Waals surface area contributed by atoms with Gasteiger partial charge in [-0.2, -0.15) is 0 Å². The molecule has 0 fully saturated rings. The first-order valence-corrected chi connectivity index (χ1v) is 5.58. The Morgan fingerprint density at radius 1 is 1.11 bits per heavy atom. The molecule has 0 aromatic heterocycles. The lowest BCUT2D eigenvalue weighted by Crippen LogP contribution is -2.07. The zero-order valence-corrected chi connectivity index (χ0v) is 9.92. The first-order valence-electron chi connectivity index (χ1n) is 5.58. The Labute approximate surface area is 109 Å². The fourth-order valence-electron chi connectivity index (χ4n) is 1.77. The molecule has 0 aliphatic rings. The molecule has 4 nitrogen and oxygen atoms in total. The standard InChI is InChI=1S/C14H12FNO3/c15-12-4-2-1-3-9(12)7-13(16-19)11-6-5-10(17)8-14(11)18/h1-6,8,17-19H,7H2/b16-13+. The van der Waals surface area contributed by atoms with Crippen LogP contribution in [0.25, 0.3) is 0 Å². The molecule has 0 radical (unpaired) electrons. The SMILES string of the molecule is O/N=C(\Cc1ccccc1F)c1ccc(O)cc1O. The van der Waals surface area contributed by atoms with Gasteiger partial charge in [-0.3, -0.25) is 0 Å². The third-order valence-electron chi connectivity index (χ3n) is 2.73. The molecular formula is C14H12FNO3. The van der Waals surface area contributed by atoms with E-state index in [0.29, 0.717) is 5.56 Å². The van der Waals surface area contributed by atoms with Crippen LogP contribution < -0.4 is 0 Å². The largest absolute Gasteiger partial charge is 0.508 e. The zero-order valence-electron chi connectivity index (χ0n) is 9.92. The van der Waals surface area contributed by atoms with Gasteiger partial charge in [0.05, 0.1) is 5.71 Å². The van der Waals surface area contributed by atoms with E-state index in [1.807, 2.05) is 0 Å².